The molecule has 0 unspecified atom stereocenters. The number of nitrogens with zero attached hydrogens (tertiary/aromatic N) is 1. The van der Waals surface area contributed by atoms with Gasteiger partial charge in [-0.3, -0.25) is 14.6 Å². The number of cyclic esters (lactones) is 1. The highest BCUT2D eigenvalue weighted by Crippen LogP contribution is 2.45. The summed E-state index contributed by atoms with van der Waals surface area (Å²) in [7, 11) is 0. The summed E-state index contributed by atoms with van der Waals surface area (Å²) in [5.41, 5.74) is 4.71. The average Bonchev–Trinajstić information content (AvgIpc) is 3.57. The molecule has 0 spiro atoms. The molecule has 1 aliphatic heterocycles. The van der Waals surface area contributed by atoms with E-state index in [0.717, 1.165) is 46.1 Å². The van der Waals surface area contributed by atoms with Gasteiger partial charge in [-0.2, -0.15) is 0 Å². The lowest BCUT2D eigenvalue weighted by Crippen LogP contribution is -2.28. The van der Waals surface area contributed by atoms with Gasteiger partial charge in [-0.05, 0) is 42.7 Å². The number of halogens is 1. The van der Waals surface area contributed by atoms with Gasteiger partial charge >= 0.3 is 5.97 Å². The Bertz CT molecular complexity index is 1160. The zero-order valence-corrected chi connectivity index (χ0v) is 16.3. The number of hydrogen-bond acceptors (Lipinski definition) is 4. The molecule has 2 aliphatic rings. The molecule has 3 aromatic rings. The van der Waals surface area contributed by atoms with E-state index in [1.54, 1.807) is 18.2 Å². The molecular formula is C25H20FNO3. The summed E-state index contributed by atoms with van der Waals surface area (Å²) in [6.07, 6.45) is 5.31. The fourth-order valence-electron chi connectivity index (χ4n) is 4.03. The molecule has 1 saturated heterocycles. The van der Waals surface area contributed by atoms with Crippen molar-refractivity contribution in [1.29, 1.82) is 0 Å². The van der Waals surface area contributed by atoms with Crippen molar-refractivity contribution in [2.45, 2.75) is 37.7 Å². The Morgan fingerprint density at radius 1 is 1.03 bits per heavy atom. The number of esters is 1. The van der Waals surface area contributed by atoms with Crippen LogP contribution in [0.5, 0.6) is 0 Å². The van der Waals surface area contributed by atoms with Gasteiger partial charge in [0.15, 0.2) is 0 Å². The van der Waals surface area contributed by atoms with E-state index in [0.29, 0.717) is 5.92 Å². The number of hydrogen-bond donors (Lipinski definition) is 0. The maximum absolute atomic E-state index is 13.6. The third-order valence-corrected chi connectivity index (χ3v) is 5.59. The molecule has 1 saturated carbocycles. The molecule has 0 amide bonds. The number of benzene rings is 2. The number of fused-ring (bicyclic) bond motifs is 1. The summed E-state index contributed by atoms with van der Waals surface area (Å²) in [5, 5.41) is 0.977. The first-order valence-electron chi connectivity index (χ1n) is 10.2. The predicted octanol–water partition coefficient (Wildman–Crippen LogP) is 5.21. The number of pyridine rings is 1. The SMILES string of the molecule is O=C1CC(=O)O[C@H](/C=C/c2c(C3CC3)nc3ccccc3c2-c2ccc(F)cc2)C1. The van der Waals surface area contributed by atoms with Gasteiger partial charge in [-0.1, -0.05) is 36.4 Å². The van der Waals surface area contributed by atoms with Crippen molar-refractivity contribution >= 4 is 28.7 Å². The molecule has 2 aromatic carbocycles. The maximum Gasteiger partial charge on any atom is 0.313 e. The second-order valence-electron chi connectivity index (χ2n) is 7.89. The molecule has 5 rings (SSSR count). The second kappa shape index (κ2) is 7.48. The molecule has 0 radical (unpaired) electrons. The van der Waals surface area contributed by atoms with Crippen LogP contribution in [0.25, 0.3) is 28.1 Å². The highest BCUT2D eigenvalue weighted by molar-refractivity contribution is 6.00. The average molecular weight is 401 g/mol. The fourth-order valence-corrected chi connectivity index (χ4v) is 4.03. The summed E-state index contributed by atoms with van der Waals surface area (Å²) in [6, 6.07) is 14.4. The van der Waals surface area contributed by atoms with Crippen molar-refractivity contribution in [2.75, 3.05) is 0 Å². The third-order valence-electron chi connectivity index (χ3n) is 5.59. The molecule has 30 heavy (non-hydrogen) atoms. The van der Waals surface area contributed by atoms with Gasteiger partial charge in [0.25, 0.3) is 0 Å². The third kappa shape index (κ3) is 3.63. The van der Waals surface area contributed by atoms with Crippen molar-refractivity contribution in [2.24, 2.45) is 0 Å². The van der Waals surface area contributed by atoms with Gasteiger partial charge in [0.2, 0.25) is 0 Å². The molecular weight excluding hydrogens is 381 g/mol. The summed E-state index contributed by atoms with van der Waals surface area (Å²) < 4.78 is 18.9. The van der Waals surface area contributed by atoms with Crippen molar-refractivity contribution in [3.63, 3.8) is 0 Å². The Kier molecular flexibility index (Phi) is 4.66. The number of Topliss-reactive ketones (excluding diaryl/α,β-unsaturated/α-hetero) is 1. The van der Waals surface area contributed by atoms with Crippen LogP contribution in [0, 0.1) is 5.82 Å². The number of carbonyl (C=O) groups is 2. The van der Waals surface area contributed by atoms with Gasteiger partial charge in [0, 0.05) is 28.9 Å². The molecule has 2 heterocycles. The zero-order valence-electron chi connectivity index (χ0n) is 16.3. The number of rotatable bonds is 4. The zero-order chi connectivity index (χ0) is 20.7. The number of para-hydroxylation sites is 1. The van der Waals surface area contributed by atoms with Crippen LogP contribution in [0.1, 0.15) is 42.9 Å². The van der Waals surface area contributed by atoms with Gasteiger partial charge < -0.3 is 4.74 Å². The van der Waals surface area contributed by atoms with Crippen LogP contribution in [0.15, 0.2) is 54.6 Å². The Morgan fingerprint density at radius 2 is 1.80 bits per heavy atom. The van der Waals surface area contributed by atoms with E-state index in [1.165, 1.54) is 12.1 Å². The van der Waals surface area contributed by atoms with E-state index in [4.69, 9.17) is 9.72 Å². The lowest BCUT2D eigenvalue weighted by atomic mass is 9.92. The summed E-state index contributed by atoms with van der Waals surface area (Å²) in [6.45, 7) is 0. The van der Waals surface area contributed by atoms with Crippen molar-refractivity contribution in [3.8, 4) is 11.1 Å². The molecule has 150 valence electrons. The molecule has 4 nitrogen and oxygen atoms in total. The number of ketones is 1. The first-order chi connectivity index (χ1) is 14.6. The Hall–Kier alpha value is -3.34. The molecule has 1 aliphatic carbocycles. The minimum atomic E-state index is -0.571. The smallest absolute Gasteiger partial charge is 0.313 e. The summed E-state index contributed by atoms with van der Waals surface area (Å²) in [5.74, 6) is -0.509. The number of ether oxygens (including phenoxy) is 1. The Morgan fingerprint density at radius 3 is 2.53 bits per heavy atom. The van der Waals surface area contributed by atoms with Crippen LogP contribution >= 0.6 is 0 Å². The Balaban J connectivity index is 1.69. The lowest BCUT2D eigenvalue weighted by molar-refractivity contribution is -0.154. The first-order valence-corrected chi connectivity index (χ1v) is 10.2. The Labute approximate surface area is 173 Å². The summed E-state index contributed by atoms with van der Waals surface area (Å²) >= 11 is 0. The molecule has 0 N–H and O–H groups in total. The van der Waals surface area contributed by atoms with E-state index in [1.807, 2.05) is 30.3 Å². The lowest BCUT2D eigenvalue weighted by Gasteiger charge is -2.19. The van der Waals surface area contributed by atoms with Crippen LogP contribution < -0.4 is 0 Å². The molecule has 5 heteroatoms. The molecule has 1 atom stereocenters. The highest BCUT2D eigenvalue weighted by Gasteiger charge is 2.30. The minimum Gasteiger partial charge on any atom is -0.457 e. The van der Waals surface area contributed by atoms with E-state index < -0.39 is 12.1 Å². The number of carbonyl (C=O) groups excluding carboxylic acids is 2. The van der Waals surface area contributed by atoms with Crippen molar-refractivity contribution in [1.82, 2.24) is 4.98 Å². The number of aromatic nitrogens is 1. The van der Waals surface area contributed by atoms with Crippen molar-refractivity contribution in [3.05, 3.63) is 71.7 Å². The predicted molar refractivity (Wildman–Crippen MR) is 112 cm³/mol. The van der Waals surface area contributed by atoms with Crippen LogP contribution in [-0.2, 0) is 14.3 Å². The van der Waals surface area contributed by atoms with E-state index in [-0.39, 0.29) is 24.4 Å². The molecule has 2 fully saturated rings. The quantitative estimate of drug-likeness (QED) is 0.445. The van der Waals surface area contributed by atoms with Gasteiger partial charge in [0.1, 0.15) is 24.1 Å². The topological polar surface area (TPSA) is 56.3 Å². The first kappa shape index (κ1) is 18.7. The van der Waals surface area contributed by atoms with Gasteiger partial charge in [-0.15, -0.1) is 0 Å². The molecule has 1 aromatic heterocycles. The largest absolute Gasteiger partial charge is 0.457 e. The van der Waals surface area contributed by atoms with Crippen LogP contribution in [0.3, 0.4) is 0 Å². The van der Waals surface area contributed by atoms with Crippen LogP contribution in [-0.4, -0.2) is 22.8 Å². The fraction of sp³-hybridized carbons (Fsp3) is 0.240. The standard InChI is InChI=1S/C25H20FNO3/c26-17-9-7-15(8-10-17)24-20-3-1-2-4-22(20)27-25(16-5-6-16)21(24)12-11-19-13-18(28)14-23(29)30-19/h1-4,7-12,16,19H,5-6,13-14H2/b12-11+/t19-/m1/s1. The van der Waals surface area contributed by atoms with E-state index in [9.17, 15) is 14.0 Å². The van der Waals surface area contributed by atoms with Crippen LogP contribution in [0.4, 0.5) is 4.39 Å². The summed E-state index contributed by atoms with van der Waals surface area (Å²) in [4.78, 5) is 28.4. The minimum absolute atomic E-state index is 0.112. The van der Waals surface area contributed by atoms with Crippen LogP contribution in [0.2, 0.25) is 0 Å². The van der Waals surface area contributed by atoms with Gasteiger partial charge in [-0.25, -0.2) is 4.39 Å². The maximum atomic E-state index is 13.6. The molecule has 0 bridgehead atoms. The highest BCUT2D eigenvalue weighted by atomic mass is 19.1. The monoisotopic (exact) mass is 401 g/mol. The van der Waals surface area contributed by atoms with Crippen molar-refractivity contribution < 1.29 is 18.7 Å². The van der Waals surface area contributed by atoms with Gasteiger partial charge in [0.05, 0.1) is 11.2 Å². The van der Waals surface area contributed by atoms with E-state index >= 15 is 0 Å². The second-order valence-corrected chi connectivity index (χ2v) is 7.89. The normalized spacial score (nSPS) is 19.4. The van der Waals surface area contributed by atoms with E-state index in [2.05, 4.69) is 0 Å².